The standard InChI is InChI=1S/C15H27N5O/c1-5-12-7-9-20(10-8-12)14-17-13(16-6-2)18-15(19-14)21-11(3)4/h11-12H,5-10H2,1-4H3,(H,16,17,18,19). The second kappa shape index (κ2) is 7.43. The van der Waals surface area contributed by atoms with Crippen LogP contribution in [-0.2, 0) is 0 Å². The highest BCUT2D eigenvalue weighted by Crippen LogP contribution is 2.24. The van der Waals surface area contributed by atoms with E-state index in [2.05, 4.69) is 32.1 Å². The summed E-state index contributed by atoms with van der Waals surface area (Å²) in [4.78, 5) is 15.5. The Labute approximate surface area is 127 Å². The number of nitrogens with one attached hydrogen (secondary N) is 1. The molecule has 6 nitrogen and oxygen atoms in total. The molecule has 21 heavy (non-hydrogen) atoms. The van der Waals surface area contributed by atoms with Gasteiger partial charge in [-0.15, -0.1) is 0 Å². The van der Waals surface area contributed by atoms with Crippen LogP contribution in [0.2, 0.25) is 0 Å². The number of rotatable bonds is 6. The van der Waals surface area contributed by atoms with E-state index in [4.69, 9.17) is 4.74 Å². The van der Waals surface area contributed by atoms with Crippen LogP contribution in [0.3, 0.4) is 0 Å². The van der Waals surface area contributed by atoms with E-state index in [9.17, 15) is 0 Å². The molecule has 0 amide bonds. The zero-order valence-corrected chi connectivity index (χ0v) is 13.6. The quantitative estimate of drug-likeness (QED) is 0.870. The third-order valence-corrected chi connectivity index (χ3v) is 3.75. The Morgan fingerprint density at radius 1 is 1.19 bits per heavy atom. The molecule has 6 heteroatoms. The summed E-state index contributed by atoms with van der Waals surface area (Å²) >= 11 is 0. The highest BCUT2D eigenvalue weighted by molar-refractivity contribution is 5.38. The van der Waals surface area contributed by atoms with Gasteiger partial charge in [0.05, 0.1) is 6.10 Å². The lowest BCUT2D eigenvalue weighted by Crippen LogP contribution is -2.35. The maximum Gasteiger partial charge on any atom is 0.323 e. The molecule has 0 spiro atoms. The molecular formula is C15H27N5O. The van der Waals surface area contributed by atoms with Gasteiger partial charge >= 0.3 is 6.01 Å². The molecule has 0 radical (unpaired) electrons. The predicted molar refractivity (Wildman–Crippen MR) is 85.0 cm³/mol. The molecule has 1 aliphatic rings. The Hall–Kier alpha value is -1.59. The van der Waals surface area contributed by atoms with Crippen LogP contribution < -0.4 is 15.0 Å². The summed E-state index contributed by atoms with van der Waals surface area (Å²) in [5.74, 6) is 2.16. The summed E-state index contributed by atoms with van der Waals surface area (Å²) in [6.07, 6.45) is 3.73. The molecule has 1 N–H and O–H groups in total. The number of hydrogen-bond donors (Lipinski definition) is 1. The van der Waals surface area contributed by atoms with Gasteiger partial charge in [-0.1, -0.05) is 13.3 Å². The van der Waals surface area contributed by atoms with E-state index in [0.717, 1.165) is 31.5 Å². The lowest BCUT2D eigenvalue weighted by atomic mass is 9.95. The van der Waals surface area contributed by atoms with Gasteiger partial charge in [-0.05, 0) is 39.5 Å². The van der Waals surface area contributed by atoms with Gasteiger partial charge in [0.1, 0.15) is 0 Å². The maximum absolute atomic E-state index is 5.65. The predicted octanol–water partition coefficient (Wildman–Crippen LogP) is 2.72. The van der Waals surface area contributed by atoms with Crippen LogP contribution in [0.1, 0.15) is 47.0 Å². The first-order chi connectivity index (χ1) is 10.1. The molecule has 1 fully saturated rings. The molecule has 0 saturated carbocycles. The molecule has 0 unspecified atom stereocenters. The molecule has 0 bridgehead atoms. The average Bonchev–Trinajstić information content (AvgIpc) is 2.47. The fraction of sp³-hybridized carbons (Fsp3) is 0.800. The molecule has 0 aliphatic carbocycles. The van der Waals surface area contributed by atoms with E-state index in [0.29, 0.717) is 12.0 Å². The third kappa shape index (κ3) is 4.44. The van der Waals surface area contributed by atoms with Crippen LogP contribution in [0.5, 0.6) is 6.01 Å². The monoisotopic (exact) mass is 293 g/mol. The van der Waals surface area contributed by atoms with Crippen LogP contribution in [0.4, 0.5) is 11.9 Å². The SMILES string of the molecule is CCNc1nc(OC(C)C)nc(N2CCC(CC)CC2)n1. The van der Waals surface area contributed by atoms with Gasteiger partial charge in [0.15, 0.2) is 0 Å². The van der Waals surface area contributed by atoms with Crippen molar-refractivity contribution in [3.8, 4) is 6.01 Å². The summed E-state index contributed by atoms with van der Waals surface area (Å²) in [7, 11) is 0. The fourth-order valence-electron chi connectivity index (χ4n) is 2.53. The topological polar surface area (TPSA) is 63.2 Å². The third-order valence-electron chi connectivity index (χ3n) is 3.75. The van der Waals surface area contributed by atoms with Gasteiger partial charge in [-0.2, -0.15) is 15.0 Å². The van der Waals surface area contributed by atoms with E-state index in [-0.39, 0.29) is 6.10 Å². The Kier molecular flexibility index (Phi) is 5.59. The Balaban J connectivity index is 2.15. The number of nitrogens with zero attached hydrogens (tertiary/aromatic N) is 4. The Morgan fingerprint density at radius 3 is 2.48 bits per heavy atom. The van der Waals surface area contributed by atoms with E-state index in [1.165, 1.54) is 19.3 Å². The first-order valence-electron chi connectivity index (χ1n) is 8.03. The van der Waals surface area contributed by atoms with Crippen molar-refractivity contribution in [1.29, 1.82) is 0 Å². The summed E-state index contributed by atoms with van der Waals surface area (Å²) in [5.41, 5.74) is 0. The first-order valence-corrected chi connectivity index (χ1v) is 8.03. The molecule has 118 valence electrons. The number of anilines is 2. The lowest BCUT2D eigenvalue weighted by molar-refractivity contribution is 0.222. The molecule has 0 atom stereocenters. The van der Waals surface area contributed by atoms with Crippen molar-refractivity contribution in [2.24, 2.45) is 5.92 Å². The van der Waals surface area contributed by atoms with Gasteiger partial charge in [-0.25, -0.2) is 0 Å². The smallest absolute Gasteiger partial charge is 0.323 e. The van der Waals surface area contributed by atoms with Gasteiger partial charge in [0.25, 0.3) is 0 Å². The zero-order chi connectivity index (χ0) is 15.2. The highest BCUT2D eigenvalue weighted by atomic mass is 16.5. The highest BCUT2D eigenvalue weighted by Gasteiger charge is 2.21. The number of ether oxygens (including phenoxy) is 1. The van der Waals surface area contributed by atoms with Crippen molar-refractivity contribution in [3.05, 3.63) is 0 Å². The molecule has 1 saturated heterocycles. The molecule has 0 aromatic carbocycles. The van der Waals surface area contributed by atoms with Crippen LogP contribution in [-0.4, -0.2) is 40.7 Å². The van der Waals surface area contributed by atoms with Crippen molar-refractivity contribution in [1.82, 2.24) is 15.0 Å². The summed E-state index contributed by atoms with van der Waals surface area (Å²) in [5, 5.41) is 3.15. The van der Waals surface area contributed by atoms with Gasteiger partial charge in [0.2, 0.25) is 11.9 Å². The van der Waals surface area contributed by atoms with Gasteiger partial charge < -0.3 is 15.0 Å². The second-order valence-corrected chi connectivity index (χ2v) is 5.78. The van der Waals surface area contributed by atoms with Crippen molar-refractivity contribution in [3.63, 3.8) is 0 Å². The van der Waals surface area contributed by atoms with Crippen molar-refractivity contribution >= 4 is 11.9 Å². The van der Waals surface area contributed by atoms with Gasteiger partial charge in [-0.3, -0.25) is 0 Å². The van der Waals surface area contributed by atoms with Crippen molar-refractivity contribution < 1.29 is 4.74 Å². The van der Waals surface area contributed by atoms with Crippen LogP contribution in [0.15, 0.2) is 0 Å². The average molecular weight is 293 g/mol. The van der Waals surface area contributed by atoms with E-state index in [1.54, 1.807) is 0 Å². The Bertz CT molecular complexity index is 444. The molecule has 2 heterocycles. The second-order valence-electron chi connectivity index (χ2n) is 5.78. The minimum absolute atomic E-state index is 0.0561. The summed E-state index contributed by atoms with van der Waals surface area (Å²) in [6.45, 7) is 11.0. The molecular weight excluding hydrogens is 266 g/mol. The van der Waals surface area contributed by atoms with E-state index < -0.39 is 0 Å². The van der Waals surface area contributed by atoms with Crippen molar-refractivity contribution in [2.75, 3.05) is 29.9 Å². The minimum Gasteiger partial charge on any atom is -0.461 e. The summed E-state index contributed by atoms with van der Waals surface area (Å²) < 4.78 is 5.65. The van der Waals surface area contributed by atoms with Gasteiger partial charge in [0, 0.05) is 19.6 Å². The number of hydrogen-bond acceptors (Lipinski definition) is 6. The normalized spacial score (nSPS) is 16.3. The summed E-state index contributed by atoms with van der Waals surface area (Å²) in [6, 6.07) is 0.406. The Morgan fingerprint density at radius 2 is 1.90 bits per heavy atom. The van der Waals surface area contributed by atoms with Crippen LogP contribution in [0, 0.1) is 5.92 Å². The maximum atomic E-state index is 5.65. The molecule has 2 rings (SSSR count). The lowest BCUT2D eigenvalue weighted by Gasteiger charge is -2.31. The number of aromatic nitrogens is 3. The van der Waals surface area contributed by atoms with E-state index in [1.807, 2.05) is 20.8 Å². The molecule has 1 aromatic heterocycles. The zero-order valence-electron chi connectivity index (χ0n) is 13.6. The number of piperidine rings is 1. The minimum atomic E-state index is 0.0561. The fourth-order valence-corrected chi connectivity index (χ4v) is 2.53. The molecule has 1 aromatic rings. The van der Waals surface area contributed by atoms with Crippen LogP contribution in [0.25, 0.3) is 0 Å². The first kappa shape index (κ1) is 15.8. The van der Waals surface area contributed by atoms with Crippen LogP contribution >= 0.6 is 0 Å². The van der Waals surface area contributed by atoms with E-state index >= 15 is 0 Å². The van der Waals surface area contributed by atoms with Crippen molar-refractivity contribution in [2.45, 2.75) is 53.1 Å². The molecule has 1 aliphatic heterocycles. The largest absolute Gasteiger partial charge is 0.461 e.